The van der Waals surface area contributed by atoms with Crippen LogP contribution in [0.5, 0.6) is 0 Å². The van der Waals surface area contributed by atoms with Crippen molar-refractivity contribution in [2.45, 2.75) is 58.2 Å². The van der Waals surface area contributed by atoms with Gasteiger partial charge in [0, 0.05) is 24.8 Å². The van der Waals surface area contributed by atoms with Gasteiger partial charge in [-0.2, -0.15) is 0 Å². The molecule has 6 heteroatoms. The van der Waals surface area contributed by atoms with Gasteiger partial charge in [-0.3, -0.25) is 14.6 Å². The van der Waals surface area contributed by atoms with Crippen LogP contribution in [0.25, 0.3) is 0 Å². The molecule has 0 bridgehead atoms. The molecule has 27 heavy (non-hydrogen) atoms. The van der Waals surface area contributed by atoms with Crippen molar-refractivity contribution in [1.82, 2.24) is 9.80 Å². The van der Waals surface area contributed by atoms with Crippen molar-refractivity contribution in [3.63, 3.8) is 0 Å². The highest BCUT2D eigenvalue weighted by molar-refractivity contribution is 6.00. The first-order valence-electron chi connectivity index (χ1n) is 9.93. The third-order valence-electron chi connectivity index (χ3n) is 6.37. The summed E-state index contributed by atoms with van der Waals surface area (Å²) in [4.78, 5) is 31.5. The molecule has 0 spiro atoms. The molecule has 3 heterocycles. The van der Waals surface area contributed by atoms with Crippen molar-refractivity contribution in [1.29, 1.82) is 0 Å². The van der Waals surface area contributed by atoms with Gasteiger partial charge in [0.1, 0.15) is 6.04 Å². The minimum atomic E-state index is -0.979. The molecule has 0 aliphatic carbocycles. The molecule has 1 aromatic carbocycles. The molecule has 2 saturated heterocycles. The van der Waals surface area contributed by atoms with Crippen LogP contribution in [0, 0.1) is 5.41 Å². The zero-order valence-corrected chi connectivity index (χ0v) is 16.4. The lowest BCUT2D eigenvalue weighted by atomic mass is 9.78. The Balaban J connectivity index is 1.70. The van der Waals surface area contributed by atoms with Gasteiger partial charge >= 0.3 is 6.09 Å². The van der Waals surface area contributed by atoms with E-state index >= 15 is 0 Å². The fourth-order valence-electron chi connectivity index (χ4n) is 5.32. The number of carboxylic acid groups (broad SMARTS) is 1. The summed E-state index contributed by atoms with van der Waals surface area (Å²) in [5.74, 6) is -0.0815. The lowest BCUT2D eigenvalue weighted by Crippen LogP contribution is -2.70. The van der Waals surface area contributed by atoms with E-state index in [-0.39, 0.29) is 23.4 Å². The normalized spacial score (nSPS) is 28.2. The van der Waals surface area contributed by atoms with Crippen LogP contribution in [0.15, 0.2) is 24.3 Å². The molecule has 0 radical (unpaired) electrons. The summed E-state index contributed by atoms with van der Waals surface area (Å²) in [5, 5.41) is 10.1. The van der Waals surface area contributed by atoms with E-state index in [2.05, 4.69) is 25.7 Å². The van der Waals surface area contributed by atoms with E-state index in [1.165, 1.54) is 4.90 Å². The Hall–Kier alpha value is -2.08. The predicted octanol–water partition coefficient (Wildman–Crippen LogP) is 2.82. The summed E-state index contributed by atoms with van der Waals surface area (Å²) in [6.07, 6.45) is 1.92. The number of nitrogens with zero attached hydrogens (tertiary/aromatic N) is 3. The average molecular weight is 371 g/mol. The third kappa shape index (κ3) is 3.00. The van der Waals surface area contributed by atoms with Crippen molar-refractivity contribution in [3.05, 3.63) is 29.8 Å². The zero-order chi connectivity index (χ0) is 19.3. The number of hydrogen-bond donors (Lipinski definition) is 1. The predicted molar refractivity (Wildman–Crippen MR) is 104 cm³/mol. The zero-order valence-electron chi connectivity index (χ0n) is 16.4. The highest BCUT2D eigenvalue weighted by Crippen LogP contribution is 2.40. The lowest BCUT2D eigenvalue weighted by molar-refractivity contribution is -0.130. The molecule has 3 aliphatic rings. The molecule has 0 saturated carbocycles. The fraction of sp³-hybridized carbons (Fsp3) is 0.619. The summed E-state index contributed by atoms with van der Waals surface area (Å²) in [6.45, 7) is 8.34. The van der Waals surface area contributed by atoms with Crippen LogP contribution in [0.3, 0.4) is 0 Å². The Kier molecular flexibility index (Phi) is 4.41. The van der Waals surface area contributed by atoms with E-state index in [9.17, 15) is 14.7 Å². The highest BCUT2D eigenvalue weighted by atomic mass is 16.4. The Bertz CT molecular complexity index is 757. The maximum atomic E-state index is 13.5. The van der Waals surface area contributed by atoms with Crippen molar-refractivity contribution >= 4 is 17.7 Å². The molecular weight excluding hydrogens is 342 g/mol. The van der Waals surface area contributed by atoms with Gasteiger partial charge in [0.05, 0.1) is 6.04 Å². The number of carbonyl (C=O) groups is 2. The number of carbonyl (C=O) groups excluding carboxylic acids is 1. The van der Waals surface area contributed by atoms with Crippen LogP contribution in [-0.4, -0.2) is 64.7 Å². The highest BCUT2D eigenvalue weighted by Gasteiger charge is 2.53. The first-order valence-corrected chi connectivity index (χ1v) is 9.93. The standard InChI is InChI=1S/C21H29N3O3/c1-21(2,3)18-16-9-6-11-22(16)13-17(24(18)20(26)27)19(25)23-12-10-14-7-4-5-8-15(14)23/h4-5,7-8,16-18H,6,9-13H2,1-3H3,(H,26,27)/t16-,17+,18?/m1/s1. The van der Waals surface area contributed by atoms with Gasteiger partial charge in [0.15, 0.2) is 0 Å². The summed E-state index contributed by atoms with van der Waals surface area (Å²) in [6, 6.07) is 7.32. The molecule has 3 atom stereocenters. The number of anilines is 1. The average Bonchev–Trinajstić information content (AvgIpc) is 3.24. The van der Waals surface area contributed by atoms with E-state index < -0.39 is 12.1 Å². The maximum Gasteiger partial charge on any atom is 0.408 e. The van der Waals surface area contributed by atoms with Gasteiger partial charge in [0.25, 0.3) is 5.91 Å². The number of benzene rings is 1. The van der Waals surface area contributed by atoms with Crippen molar-refractivity contribution in [3.8, 4) is 0 Å². The van der Waals surface area contributed by atoms with E-state index in [0.29, 0.717) is 13.1 Å². The van der Waals surface area contributed by atoms with Crippen LogP contribution >= 0.6 is 0 Å². The summed E-state index contributed by atoms with van der Waals surface area (Å²) in [7, 11) is 0. The van der Waals surface area contributed by atoms with Gasteiger partial charge in [-0.1, -0.05) is 39.0 Å². The second-order valence-corrected chi connectivity index (χ2v) is 9.09. The topological polar surface area (TPSA) is 64.1 Å². The third-order valence-corrected chi connectivity index (χ3v) is 6.37. The number of rotatable bonds is 1. The monoisotopic (exact) mass is 371 g/mol. The molecular formula is C21H29N3O3. The van der Waals surface area contributed by atoms with E-state index in [1.807, 2.05) is 24.3 Å². The van der Waals surface area contributed by atoms with Crippen molar-refractivity contribution in [2.75, 3.05) is 24.5 Å². The van der Waals surface area contributed by atoms with E-state index in [0.717, 1.165) is 37.1 Å². The van der Waals surface area contributed by atoms with Gasteiger partial charge < -0.3 is 10.0 Å². The summed E-state index contributed by atoms with van der Waals surface area (Å²) in [5.41, 5.74) is 1.87. The first-order chi connectivity index (χ1) is 12.8. The number of hydrogen-bond acceptors (Lipinski definition) is 3. The lowest BCUT2D eigenvalue weighted by Gasteiger charge is -2.52. The minimum absolute atomic E-state index is 0.0815. The maximum absolute atomic E-state index is 13.5. The second-order valence-electron chi connectivity index (χ2n) is 9.09. The van der Waals surface area contributed by atoms with Gasteiger partial charge in [-0.05, 0) is 42.9 Å². The molecule has 146 valence electrons. The molecule has 4 rings (SSSR count). The largest absolute Gasteiger partial charge is 0.465 e. The Morgan fingerprint density at radius 3 is 2.59 bits per heavy atom. The van der Waals surface area contributed by atoms with Crippen molar-refractivity contribution < 1.29 is 14.7 Å². The molecule has 2 amide bonds. The van der Waals surface area contributed by atoms with Crippen LogP contribution in [0.4, 0.5) is 10.5 Å². The molecule has 3 aliphatic heterocycles. The minimum Gasteiger partial charge on any atom is -0.465 e. The molecule has 1 N–H and O–H groups in total. The first kappa shape index (κ1) is 18.3. The fourth-order valence-corrected chi connectivity index (χ4v) is 5.32. The Labute approximate surface area is 160 Å². The van der Waals surface area contributed by atoms with E-state index in [4.69, 9.17) is 0 Å². The van der Waals surface area contributed by atoms with Crippen LogP contribution in [-0.2, 0) is 11.2 Å². The summed E-state index contributed by atoms with van der Waals surface area (Å²) >= 11 is 0. The molecule has 0 aromatic heterocycles. The Morgan fingerprint density at radius 1 is 1.15 bits per heavy atom. The van der Waals surface area contributed by atoms with Gasteiger partial charge in [-0.15, -0.1) is 0 Å². The van der Waals surface area contributed by atoms with Crippen molar-refractivity contribution in [2.24, 2.45) is 5.41 Å². The second kappa shape index (κ2) is 6.51. The van der Waals surface area contributed by atoms with Crippen LogP contribution < -0.4 is 4.90 Å². The number of fused-ring (bicyclic) bond motifs is 2. The molecule has 2 fully saturated rings. The Morgan fingerprint density at radius 2 is 1.89 bits per heavy atom. The SMILES string of the molecule is CC(C)(C)C1[C@H]2CCCN2C[C@@H](C(=O)N2CCc3ccccc32)N1C(=O)O. The molecule has 1 aromatic rings. The van der Waals surface area contributed by atoms with E-state index in [1.54, 1.807) is 4.90 Å². The quantitative estimate of drug-likeness (QED) is 0.824. The number of piperazine rings is 1. The van der Waals surface area contributed by atoms with Gasteiger partial charge in [-0.25, -0.2) is 4.79 Å². The number of amides is 2. The van der Waals surface area contributed by atoms with Crippen LogP contribution in [0.1, 0.15) is 39.2 Å². The smallest absolute Gasteiger partial charge is 0.408 e. The number of para-hydroxylation sites is 1. The van der Waals surface area contributed by atoms with Crippen LogP contribution in [0.2, 0.25) is 0 Å². The molecule has 6 nitrogen and oxygen atoms in total. The van der Waals surface area contributed by atoms with Gasteiger partial charge in [0.2, 0.25) is 0 Å². The molecule has 1 unspecified atom stereocenters. The summed E-state index contributed by atoms with van der Waals surface area (Å²) < 4.78 is 0.